The van der Waals surface area contributed by atoms with Gasteiger partial charge in [0, 0.05) is 43.0 Å². The van der Waals surface area contributed by atoms with E-state index in [1.54, 1.807) is 12.0 Å². The Hall–Kier alpha value is -2.05. The van der Waals surface area contributed by atoms with Crippen molar-refractivity contribution in [2.75, 3.05) is 38.7 Å². The van der Waals surface area contributed by atoms with Crippen molar-refractivity contribution in [2.45, 2.75) is 26.0 Å². The summed E-state index contributed by atoms with van der Waals surface area (Å²) in [5.74, 6) is 0. The third-order valence-electron chi connectivity index (χ3n) is 4.27. The van der Waals surface area contributed by atoms with Crippen molar-refractivity contribution in [1.29, 1.82) is 0 Å². The molecule has 130 valence electrons. The highest BCUT2D eigenvalue weighted by Crippen LogP contribution is 2.21. The number of rotatable bonds is 5. The maximum absolute atomic E-state index is 12.5. The molecular formula is C18H25N3O3. The van der Waals surface area contributed by atoms with E-state index in [1.165, 1.54) is 5.52 Å². The summed E-state index contributed by atoms with van der Waals surface area (Å²) in [4.78, 5) is 14.3. The van der Waals surface area contributed by atoms with Crippen LogP contribution in [0.2, 0.25) is 0 Å². The van der Waals surface area contributed by atoms with Gasteiger partial charge in [0.1, 0.15) is 0 Å². The Bertz CT molecular complexity index is 696. The zero-order valence-electron chi connectivity index (χ0n) is 14.3. The lowest BCUT2D eigenvalue weighted by Gasteiger charge is -2.32. The van der Waals surface area contributed by atoms with Crippen LogP contribution in [0, 0.1) is 0 Å². The summed E-state index contributed by atoms with van der Waals surface area (Å²) in [6.45, 7) is 5.36. The van der Waals surface area contributed by atoms with Gasteiger partial charge in [-0.25, -0.2) is 4.79 Å². The molecule has 1 unspecified atom stereocenters. The van der Waals surface area contributed by atoms with Crippen LogP contribution in [-0.2, 0) is 16.0 Å². The Morgan fingerprint density at radius 3 is 3.08 bits per heavy atom. The number of aromatic nitrogens is 1. The van der Waals surface area contributed by atoms with E-state index in [1.807, 2.05) is 12.1 Å². The van der Waals surface area contributed by atoms with Crippen molar-refractivity contribution in [1.82, 2.24) is 9.47 Å². The van der Waals surface area contributed by atoms with Crippen LogP contribution in [-0.4, -0.2) is 55.0 Å². The zero-order valence-corrected chi connectivity index (χ0v) is 14.3. The van der Waals surface area contributed by atoms with Gasteiger partial charge in [0.05, 0.1) is 25.9 Å². The highest BCUT2D eigenvalue weighted by atomic mass is 16.5. The number of benzene rings is 1. The number of hydrogen-bond donors (Lipinski definition) is 1. The number of amides is 2. The second kappa shape index (κ2) is 7.68. The van der Waals surface area contributed by atoms with Crippen LogP contribution in [0.25, 0.3) is 10.9 Å². The number of methoxy groups -OCH3 is 1. The SMILES string of the molecule is CCCn1ccc2cc(NC(=O)N3CCOC(COC)C3)ccc21. The highest BCUT2D eigenvalue weighted by molar-refractivity contribution is 5.93. The van der Waals surface area contributed by atoms with Crippen molar-refractivity contribution in [3.63, 3.8) is 0 Å². The molecule has 24 heavy (non-hydrogen) atoms. The molecule has 0 aliphatic carbocycles. The highest BCUT2D eigenvalue weighted by Gasteiger charge is 2.24. The average molecular weight is 331 g/mol. The lowest BCUT2D eigenvalue weighted by atomic mass is 10.2. The molecule has 1 saturated heterocycles. The number of nitrogens with one attached hydrogen (secondary N) is 1. The number of morpholine rings is 1. The zero-order chi connectivity index (χ0) is 16.9. The molecule has 1 aliphatic rings. The van der Waals surface area contributed by atoms with E-state index in [0.29, 0.717) is 26.3 Å². The minimum absolute atomic E-state index is 0.0555. The Labute approximate surface area is 142 Å². The maximum Gasteiger partial charge on any atom is 0.322 e. The quantitative estimate of drug-likeness (QED) is 0.916. The molecule has 2 heterocycles. The van der Waals surface area contributed by atoms with E-state index in [4.69, 9.17) is 9.47 Å². The fourth-order valence-electron chi connectivity index (χ4n) is 3.11. The van der Waals surface area contributed by atoms with Crippen LogP contribution in [0.5, 0.6) is 0 Å². The first-order valence-corrected chi connectivity index (χ1v) is 8.46. The summed E-state index contributed by atoms with van der Waals surface area (Å²) in [6, 6.07) is 8.04. The van der Waals surface area contributed by atoms with Crippen LogP contribution in [0.15, 0.2) is 30.5 Å². The summed E-state index contributed by atoms with van der Waals surface area (Å²) < 4.78 is 12.9. The number of ether oxygens (including phenoxy) is 2. The van der Waals surface area contributed by atoms with Crippen LogP contribution < -0.4 is 5.32 Å². The second-order valence-corrected chi connectivity index (χ2v) is 6.11. The molecule has 3 rings (SSSR count). The largest absolute Gasteiger partial charge is 0.382 e. The summed E-state index contributed by atoms with van der Waals surface area (Å²) in [7, 11) is 1.64. The number of nitrogens with zero attached hydrogens (tertiary/aromatic N) is 2. The van der Waals surface area contributed by atoms with Crippen LogP contribution in [0.3, 0.4) is 0 Å². The molecule has 2 amide bonds. The number of anilines is 1. The molecule has 1 aliphatic heterocycles. The van der Waals surface area contributed by atoms with Crippen molar-refractivity contribution in [3.8, 4) is 0 Å². The second-order valence-electron chi connectivity index (χ2n) is 6.11. The first-order chi connectivity index (χ1) is 11.7. The number of carbonyl (C=O) groups excluding carboxylic acids is 1. The monoisotopic (exact) mass is 331 g/mol. The third kappa shape index (κ3) is 3.71. The van der Waals surface area contributed by atoms with E-state index in [-0.39, 0.29) is 12.1 Å². The van der Waals surface area contributed by atoms with Crippen molar-refractivity contribution in [2.24, 2.45) is 0 Å². The Morgan fingerprint density at radius 2 is 2.29 bits per heavy atom. The minimum Gasteiger partial charge on any atom is -0.382 e. The molecule has 0 radical (unpaired) electrons. The van der Waals surface area contributed by atoms with Gasteiger partial charge in [-0.15, -0.1) is 0 Å². The van der Waals surface area contributed by atoms with Crippen molar-refractivity contribution in [3.05, 3.63) is 30.5 Å². The summed E-state index contributed by atoms with van der Waals surface area (Å²) in [5.41, 5.74) is 2.01. The van der Waals surface area contributed by atoms with Gasteiger partial charge in [0.15, 0.2) is 0 Å². The number of urea groups is 1. The smallest absolute Gasteiger partial charge is 0.322 e. The Balaban J connectivity index is 1.66. The molecule has 1 atom stereocenters. The lowest BCUT2D eigenvalue weighted by molar-refractivity contribution is -0.0481. The lowest BCUT2D eigenvalue weighted by Crippen LogP contribution is -2.48. The predicted octanol–water partition coefficient (Wildman–Crippen LogP) is 2.93. The first-order valence-electron chi connectivity index (χ1n) is 8.46. The van der Waals surface area contributed by atoms with E-state index in [9.17, 15) is 4.79 Å². The van der Waals surface area contributed by atoms with E-state index in [2.05, 4.69) is 35.1 Å². The number of aryl methyl sites for hydroxylation is 1. The average Bonchev–Trinajstić information content (AvgIpc) is 2.98. The van der Waals surface area contributed by atoms with Gasteiger partial charge in [-0.3, -0.25) is 0 Å². The maximum atomic E-state index is 12.5. The normalized spacial score (nSPS) is 18.1. The third-order valence-corrected chi connectivity index (χ3v) is 4.27. The van der Waals surface area contributed by atoms with Gasteiger partial charge in [-0.2, -0.15) is 0 Å². The Kier molecular flexibility index (Phi) is 5.37. The van der Waals surface area contributed by atoms with Gasteiger partial charge in [-0.05, 0) is 30.7 Å². The Morgan fingerprint density at radius 1 is 1.42 bits per heavy atom. The van der Waals surface area contributed by atoms with Crippen LogP contribution in [0.1, 0.15) is 13.3 Å². The molecular weight excluding hydrogens is 306 g/mol. The first kappa shape index (κ1) is 16.8. The fraction of sp³-hybridized carbons (Fsp3) is 0.500. The van der Waals surface area contributed by atoms with Gasteiger partial charge >= 0.3 is 6.03 Å². The summed E-state index contributed by atoms with van der Waals surface area (Å²) in [6.07, 6.45) is 3.14. The standard InChI is InChI=1S/C18H25N3O3/c1-3-7-20-8-6-14-11-15(4-5-17(14)20)19-18(22)21-9-10-24-16(12-21)13-23-2/h4-6,8,11,16H,3,7,9-10,12-13H2,1-2H3,(H,19,22). The predicted molar refractivity (Wildman–Crippen MR) is 94.4 cm³/mol. The topological polar surface area (TPSA) is 55.7 Å². The molecule has 1 aromatic carbocycles. The molecule has 0 bridgehead atoms. The molecule has 1 aromatic heterocycles. The molecule has 2 aromatic rings. The van der Waals surface area contributed by atoms with E-state index in [0.717, 1.165) is 24.0 Å². The summed E-state index contributed by atoms with van der Waals surface area (Å²) in [5, 5.41) is 4.13. The van der Waals surface area contributed by atoms with Gasteiger partial charge in [-0.1, -0.05) is 6.92 Å². The molecule has 1 N–H and O–H groups in total. The molecule has 1 fully saturated rings. The van der Waals surface area contributed by atoms with Gasteiger partial charge in [0.25, 0.3) is 0 Å². The van der Waals surface area contributed by atoms with Gasteiger partial charge < -0.3 is 24.3 Å². The van der Waals surface area contributed by atoms with Crippen LogP contribution >= 0.6 is 0 Å². The van der Waals surface area contributed by atoms with E-state index < -0.39 is 0 Å². The number of hydrogen-bond acceptors (Lipinski definition) is 3. The number of fused-ring (bicyclic) bond motifs is 1. The molecule has 0 spiro atoms. The van der Waals surface area contributed by atoms with Crippen LogP contribution in [0.4, 0.5) is 10.5 Å². The molecule has 6 nitrogen and oxygen atoms in total. The molecule has 6 heteroatoms. The number of carbonyl (C=O) groups is 1. The van der Waals surface area contributed by atoms with Gasteiger partial charge in [0.2, 0.25) is 0 Å². The van der Waals surface area contributed by atoms with Crippen molar-refractivity contribution < 1.29 is 14.3 Å². The minimum atomic E-state index is -0.0910. The molecule has 0 saturated carbocycles. The van der Waals surface area contributed by atoms with E-state index >= 15 is 0 Å². The van der Waals surface area contributed by atoms with Crippen molar-refractivity contribution >= 4 is 22.6 Å². The fourth-order valence-corrected chi connectivity index (χ4v) is 3.11. The summed E-state index contributed by atoms with van der Waals surface area (Å²) >= 11 is 0.